The number of methoxy groups -OCH3 is 1. The Bertz CT molecular complexity index is 405. The zero-order valence-electron chi connectivity index (χ0n) is 8.42. The smallest absolute Gasteiger partial charge is 0.165 e. The van der Waals surface area contributed by atoms with Gasteiger partial charge in [0.25, 0.3) is 0 Å². The number of hydrogen-bond donors (Lipinski definition) is 0. The molecule has 0 spiro atoms. The minimum absolute atomic E-state index is 0.0266. The quantitative estimate of drug-likeness (QED) is 0.619. The van der Waals surface area contributed by atoms with E-state index in [1.165, 1.54) is 0 Å². The van der Waals surface area contributed by atoms with Crippen molar-refractivity contribution in [3.05, 3.63) is 28.2 Å². The van der Waals surface area contributed by atoms with Crippen LogP contribution in [0.1, 0.15) is 23.2 Å². The fraction of sp³-hybridized carbons (Fsp3) is 0.250. The molecule has 0 saturated heterocycles. The maximum Gasteiger partial charge on any atom is 0.165 e. The molecule has 0 fully saturated rings. The molecule has 15 heavy (non-hydrogen) atoms. The molecule has 78 valence electrons. The predicted octanol–water partition coefficient (Wildman–Crippen LogP) is 3.05. The van der Waals surface area contributed by atoms with E-state index in [2.05, 4.69) is 21.9 Å². The molecule has 0 amide bonds. The standard InChI is InChI=1S/C12H11BrO2/c1-3-4-5-12(14)10-8-9(15-2)6-7-11(10)13/h1,6-8H,4-5H2,2H3. The van der Waals surface area contributed by atoms with Crippen LogP contribution in [0.5, 0.6) is 5.75 Å². The molecule has 0 aliphatic carbocycles. The van der Waals surface area contributed by atoms with E-state index < -0.39 is 0 Å². The summed E-state index contributed by atoms with van der Waals surface area (Å²) in [5.74, 6) is 3.14. The van der Waals surface area contributed by atoms with Crippen LogP contribution in [-0.2, 0) is 0 Å². The highest BCUT2D eigenvalue weighted by molar-refractivity contribution is 9.10. The third-order valence-electron chi connectivity index (χ3n) is 1.97. The summed E-state index contributed by atoms with van der Waals surface area (Å²) in [4.78, 5) is 11.7. The Hall–Kier alpha value is -1.27. The second-order valence-electron chi connectivity index (χ2n) is 2.97. The molecule has 0 atom stereocenters. The maximum absolute atomic E-state index is 11.7. The van der Waals surface area contributed by atoms with Crippen molar-refractivity contribution in [1.82, 2.24) is 0 Å². The van der Waals surface area contributed by atoms with Crippen LogP contribution in [0, 0.1) is 12.3 Å². The molecule has 1 rings (SSSR count). The van der Waals surface area contributed by atoms with Crippen LogP contribution in [0.25, 0.3) is 0 Å². The van der Waals surface area contributed by atoms with Gasteiger partial charge >= 0.3 is 0 Å². The van der Waals surface area contributed by atoms with Crippen LogP contribution in [0.2, 0.25) is 0 Å². The van der Waals surface area contributed by atoms with Crippen molar-refractivity contribution in [3.8, 4) is 18.1 Å². The SMILES string of the molecule is C#CCCC(=O)c1cc(OC)ccc1Br. The average molecular weight is 267 g/mol. The number of carbonyl (C=O) groups is 1. The van der Waals surface area contributed by atoms with Gasteiger partial charge in [0.05, 0.1) is 7.11 Å². The monoisotopic (exact) mass is 266 g/mol. The van der Waals surface area contributed by atoms with Gasteiger partial charge in [-0.15, -0.1) is 12.3 Å². The van der Waals surface area contributed by atoms with Gasteiger partial charge in [-0.05, 0) is 18.2 Å². The van der Waals surface area contributed by atoms with E-state index in [9.17, 15) is 4.79 Å². The highest BCUT2D eigenvalue weighted by Crippen LogP contribution is 2.23. The molecule has 1 aromatic carbocycles. The van der Waals surface area contributed by atoms with Gasteiger partial charge in [-0.1, -0.05) is 15.9 Å². The number of hydrogen-bond acceptors (Lipinski definition) is 2. The number of halogens is 1. The summed E-state index contributed by atoms with van der Waals surface area (Å²) in [6.07, 6.45) is 5.93. The molecule has 2 nitrogen and oxygen atoms in total. The lowest BCUT2D eigenvalue weighted by molar-refractivity contribution is 0.0983. The Morgan fingerprint density at radius 2 is 2.33 bits per heavy atom. The van der Waals surface area contributed by atoms with Crippen LogP contribution in [0.4, 0.5) is 0 Å². The van der Waals surface area contributed by atoms with E-state index in [1.54, 1.807) is 25.3 Å². The molecule has 0 heterocycles. The lowest BCUT2D eigenvalue weighted by Crippen LogP contribution is -2.00. The van der Waals surface area contributed by atoms with Crippen LogP contribution in [0.3, 0.4) is 0 Å². The van der Waals surface area contributed by atoms with Crippen molar-refractivity contribution in [1.29, 1.82) is 0 Å². The van der Waals surface area contributed by atoms with E-state index in [4.69, 9.17) is 11.2 Å². The Kier molecular flexibility index (Phi) is 4.38. The molecule has 0 unspecified atom stereocenters. The van der Waals surface area contributed by atoms with E-state index in [-0.39, 0.29) is 5.78 Å². The molecule has 0 aliphatic rings. The molecular formula is C12H11BrO2. The van der Waals surface area contributed by atoms with Crippen molar-refractivity contribution in [2.45, 2.75) is 12.8 Å². The Morgan fingerprint density at radius 1 is 1.60 bits per heavy atom. The van der Waals surface area contributed by atoms with Gasteiger partial charge in [-0.2, -0.15) is 0 Å². The van der Waals surface area contributed by atoms with Crippen molar-refractivity contribution in [2.75, 3.05) is 7.11 Å². The molecule has 0 aliphatic heterocycles. The third kappa shape index (κ3) is 3.10. The second-order valence-corrected chi connectivity index (χ2v) is 3.83. The fourth-order valence-electron chi connectivity index (χ4n) is 1.17. The third-order valence-corrected chi connectivity index (χ3v) is 2.66. The molecular weight excluding hydrogens is 256 g/mol. The van der Waals surface area contributed by atoms with Crippen LogP contribution >= 0.6 is 15.9 Å². The topological polar surface area (TPSA) is 26.3 Å². The first-order valence-electron chi connectivity index (χ1n) is 4.49. The number of terminal acetylenes is 1. The number of ether oxygens (including phenoxy) is 1. The normalized spacial score (nSPS) is 9.40. The van der Waals surface area contributed by atoms with E-state index >= 15 is 0 Å². The first-order chi connectivity index (χ1) is 7.19. The van der Waals surface area contributed by atoms with Crippen molar-refractivity contribution in [3.63, 3.8) is 0 Å². The summed E-state index contributed by atoms with van der Waals surface area (Å²) in [5.41, 5.74) is 0.615. The zero-order chi connectivity index (χ0) is 11.3. The molecule has 3 heteroatoms. The minimum Gasteiger partial charge on any atom is -0.497 e. The van der Waals surface area contributed by atoms with Crippen molar-refractivity contribution < 1.29 is 9.53 Å². The lowest BCUT2D eigenvalue weighted by atomic mass is 10.1. The van der Waals surface area contributed by atoms with E-state index in [1.807, 2.05) is 0 Å². The summed E-state index contributed by atoms with van der Waals surface area (Å²) < 4.78 is 5.82. The summed E-state index contributed by atoms with van der Waals surface area (Å²) in [6.45, 7) is 0. The summed E-state index contributed by atoms with van der Waals surface area (Å²) in [6, 6.07) is 5.30. The minimum atomic E-state index is 0.0266. The average Bonchev–Trinajstić information content (AvgIpc) is 2.26. The number of carbonyl (C=O) groups excluding carboxylic acids is 1. The Balaban J connectivity index is 2.92. The fourth-order valence-corrected chi connectivity index (χ4v) is 1.63. The Labute approximate surface area is 97.8 Å². The molecule has 0 bridgehead atoms. The van der Waals surface area contributed by atoms with Gasteiger partial charge in [-0.25, -0.2) is 0 Å². The summed E-state index contributed by atoms with van der Waals surface area (Å²) in [7, 11) is 1.57. The van der Waals surface area contributed by atoms with Gasteiger partial charge in [-0.3, -0.25) is 4.79 Å². The van der Waals surface area contributed by atoms with Crippen LogP contribution in [-0.4, -0.2) is 12.9 Å². The molecule has 0 saturated carbocycles. The zero-order valence-corrected chi connectivity index (χ0v) is 10.0. The number of benzene rings is 1. The Morgan fingerprint density at radius 3 is 2.93 bits per heavy atom. The van der Waals surface area contributed by atoms with Gasteiger partial charge in [0, 0.05) is 22.9 Å². The van der Waals surface area contributed by atoms with Gasteiger partial charge in [0.15, 0.2) is 5.78 Å². The maximum atomic E-state index is 11.7. The van der Waals surface area contributed by atoms with Gasteiger partial charge in [0.2, 0.25) is 0 Å². The first kappa shape index (κ1) is 11.8. The van der Waals surface area contributed by atoms with Crippen molar-refractivity contribution in [2.24, 2.45) is 0 Å². The van der Waals surface area contributed by atoms with Crippen LogP contribution in [0.15, 0.2) is 22.7 Å². The highest BCUT2D eigenvalue weighted by Gasteiger charge is 2.10. The van der Waals surface area contributed by atoms with Gasteiger partial charge < -0.3 is 4.74 Å². The first-order valence-corrected chi connectivity index (χ1v) is 5.28. The van der Waals surface area contributed by atoms with Gasteiger partial charge in [0.1, 0.15) is 5.75 Å². The van der Waals surface area contributed by atoms with E-state index in [0.29, 0.717) is 24.2 Å². The largest absolute Gasteiger partial charge is 0.497 e. The molecule has 0 radical (unpaired) electrons. The summed E-state index contributed by atoms with van der Waals surface area (Å²) in [5, 5.41) is 0. The predicted molar refractivity (Wildman–Crippen MR) is 63.1 cm³/mol. The van der Waals surface area contributed by atoms with Crippen LogP contribution < -0.4 is 4.74 Å². The number of Topliss-reactive ketones (excluding diaryl/α,β-unsaturated/α-hetero) is 1. The molecule has 1 aromatic rings. The molecule has 0 N–H and O–H groups in total. The van der Waals surface area contributed by atoms with Crippen molar-refractivity contribution >= 4 is 21.7 Å². The highest BCUT2D eigenvalue weighted by atomic mass is 79.9. The number of ketones is 1. The second kappa shape index (κ2) is 5.57. The van der Waals surface area contributed by atoms with E-state index in [0.717, 1.165) is 4.47 Å². The lowest BCUT2D eigenvalue weighted by Gasteiger charge is -2.05. The number of rotatable bonds is 4. The molecule has 0 aromatic heterocycles. The summed E-state index contributed by atoms with van der Waals surface area (Å²) >= 11 is 3.32.